The Hall–Kier alpha value is -2.89. The van der Waals surface area contributed by atoms with Crippen molar-refractivity contribution < 1.29 is 4.79 Å². The molecule has 1 fully saturated rings. The van der Waals surface area contributed by atoms with Crippen LogP contribution in [0.1, 0.15) is 41.9 Å². The van der Waals surface area contributed by atoms with Crippen molar-refractivity contribution in [3.8, 4) is 5.69 Å². The molecule has 0 bridgehead atoms. The van der Waals surface area contributed by atoms with Gasteiger partial charge in [0.15, 0.2) is 0 Å². The molecule has 128 valence electrons. The van der Waals surface area contributed by atoms with Crippen LogP contribution in [0.25, 0.3) is 5.69 Å². The Labute approximate surface area is 146 Å². The van der Waals surface area contributed by atoms with E-state index in [-0.39, 0.29) is 11.9 Å². The van der Waals surface area contributed by atoms with E-state index in [1.165, 1.54) is 0 Å². The molecule has 1 saturated carbocycles. The number of carbonyl (C=O) groups is 1. The maximum atomic E-state index is 12.8. The highest BCUT2D eigenvalue weighted by molar-refractivity contribution is 5.93. The molecule has 0 aliphatic heterocycles. The Kier molecular flexibility index (Phi) is 4.09. The lowest BCUT2D eigenvalue weighted by molar-refractivity contribution is 0.0928. The van der Waals surface area contributed by atoms with E-state index in [2.05, 4.69) is 15.5 Å². The van der Waals surface area contributed by atoms with E-state index < -0.39 is 0 Å². The zero-order valence-corrected chi connectivity index (χ0v) is 14.2. The molecule has 1 aromatic carbocycles. The Bertz CT molecular complexity index is 849. The Balaban J connectivity index is 1.56. The van der Waals surface area contributed by atoms with Crippen LogP contribution in [0.4, 0.5) is 0 Å². The van der Waals surface area contributed by atoms with Gasteiger partial charge in [-0.25, -0.2) is 4.68 Å². The molecule has 1 N–H and O–H groups in total. The minimum atomic E-state index is -0.108. The molecule has 1 amide bonds. The van der Waals surface area contributed by atoms with E-state index in [4.69, 9.17) is 0 Å². The molecule has 3 aromatic rings. The molecule has 1 atom stereocenters. The highest BCUT2D eigenvalue weighted by Gasteiger charge is 2.29. The van der Waals surface area contributed by atoms with E-state index >= 15 is 0 Å². The average molecular weight is 335 g/mol. The molecule has 25 heavy (non-hydrogen) atoms. The minimum Gasteiger partial charge on any atom is -0.346 e. The highest BCUT2D eigenvalue weighted by atomic mass is 16.2. The van der Waals surface area contributed by atoms with Gasteiger partial charge in [0.2, 0.25) is 0 Å². The summed E-state index contributed by atoms with van der Waals surface area (Å²) >= 11 is 0. The first-order chi connectivity index (χ1) is 12.2. The molecule has 4 rings (SSSR count). The zero-order chi connectivity index (χ0) is 17.2. The number of aromatic nitrogens is 4. The summed E-state index contributed by atoms with van der Waals surface area (Å²) < 4.78 is 3.57. The lowest BCUT2D eigenvalue weighted by Crippen LogP contribution is -2.36. The molecule has 2 aromatic heterocycles. The molecule has 0 saturated heterocycles. The lowest BCUT2D eigenvalue weighted by atomic mass is 10.2. The number of nitrogens with zero attached hydrogens (tertiary/aromatic N) is 4. The molecule has 6 heteroatoms. The summed E-state index contributed by atoms with van der Waals surface area (Å²) in [6.07, 6.45) is 5.94. The Morgan fingerprint density at radius 3 is 2.76 bits per heavy atom. The van der Waals surface area contributed by atoms with E-state index in [0.717, 1.165) is 24.2 Å². The van der Waals surface area contributed by atoms with E-state index in [0.29, 0.717) is 18.2 Å². The van der Waals surface area contributed by atoms with Gasteiger partial charge in [0, 0.05) is 24.4 Å². The van der Waals surface area contributed by atoms with E-state index in [1.807, 2.05) is 60.3 Å². The van der Waals surface area contributed by atoms with Crippen LogP contribution in [-0.2, 0) is 6.54 Å². The van der Waals surface area contributed by atoms with Gasteiger partial charge in [-0.05, 0) is 44.0 Å². The van der Waals surface area contributed by atoms with Crippen molar-refractivity contribution in [1.29, 1.82) is 0 Å². The maximum Gasteiger partial charge on any atom is 0.270 e. The number of hydrogen-bond donors (Lipinski definition) is 1. The molecule has 0 spiro atoms. The van der Waals surface area contributed by atoms with Crippen LogP contribution in [-0.4, -0.2) is 31.5 Å². The second-order valence-electron chi connectivity index (χ2n) is 6.58. The fourth-order valence-corrected chi connectivity index (χ4v) is 2.94. The van der Waals surface area contributed by atoms with Crippen molar-refractivity contribution in [2.75, 3.05) is 0 Å². The van der Waals surface area contributed by atoms with Gasteiger partial charge in [-0.15, -0.1) is 0 Å². The average Bonchev–Trinajstić information content (AvgIpc) is 3.16. The number of para-hydroxylation sites is 1. The van der Waals surface area contributed by atoms with Crippen molar-refractivity contribution in [2.45, 2.75) is 38.3 Å². The fraction of sp³-hybridized carbons (Fsp3) is 0.316. The van der Waals surface area contributed by atoms with Crippen LogP contribution >= 0.6 is 0 Å². The van der Waals surface area contributed by atoms with Crippen molar-refractivity contribution >= 4 is 5.91 Å². The molecule has 6 nitrogen and oxygen atoms in total. The summed E-state index contributed by atoms with van der Waals surface area (Å²) in [5.41, 5.74) is 2.49. The standard InChI is InChI=1S/C19H21N5O/c1-14(13-23-11-5-10-20-23)21-19(25)18-12-17(15-8-9-15)22-24(18)16-6-3-2-4-7-16/h2-7,10-12,14-15H,8-9,13H2,1H3,(H,21,25)/t14-/m0/s1. The second-order valence-corrected chi connectivity index (χ2v) is 6.58. The van der Waals surface area contributed by atoms with Gasteiger partial charge in [0.25, 0.3) is 5.91 Å². The quantitative estimate of drug-likeness (QED) is 0.753. The van der Waals surface area contributed by atoms with Crippen LogP contribution in [0.15, 0.2) is 54.9 Å². The van der Waals surface area contributed by atoms with Gasteiger partial charge < -0.3 is 5.32 Å². The molecule has 1 aliphatic rings. The maximum absolute atomic E-state index is 12.8. The van der Waals surface area contributed by atoms with E-state index in [1.54, 1.807) is 10.9 Å². The van der Waals surface area contributed by atoms with Crippen LogP contribution in [0.3, 0.4) is 0 Å². The van der Waals surface area contributed by atoms with Crippen molar-refractivity contribution in [3.63, 3.8) is 0 Å². The number of hydrogen-bond acceptors (Lipinski definition) is 3. The number of rotatable bonds is 6. The summed E-state index contributed by atoms with van der Waals surface area (Å²) in [6.45, 7) is 2.61. The van der Waals surface area contributed by atoms with Crippen molar-refractivity contribution in [1.82, 2.24) is 24.9 Å². The third-order valence-corrected chi connectivity index (χ3v) is 4.35. The predicted molar refractivity (Wildman–Crippen MR) is 94.7 cm³/mol. The monoisotopic (exact) mass is 335 g/mol. The van der Waals surface area contributed by atoms with Gasteiger partial charge in [-0.3, -0.25) is 9.48 Å². The van der Waals surface area contributed by atoms with Gasteiger partial charge in [-0.1, -0.05) is 18.2 Å². The second kappa shape index (κ2) is 6.55. The normalized spacial score (nSPS) is 15.1. The molecular weight excluding hydrogens is 314 g/mol. The van der Waals surface area contributed by atoms with Crippen molar-refractivity contribution in [3.05, 3.63) is 66.2 Å². The smallest absolute Gasteiger partial charge is 0.270 e. The third kappa shape index (κ3) is 3.47. The van der Waals surface area contributed by atoms with Gasteiger partial charge in [0.05, 0.1) is 17.9 Å². The summed E-state index contributed by atoms with van der Waals surface area (Å²) in [6, 6.07) is 13.6. The number of amides is 1. The summed E-state index contributed by atoms with van der Waals surface area (Å²) in [7, 11) is 0. The number of carbonyl (C=O) groups excluding carboxylic acids is 1. The molecular formula is C19H21N5O. The minimum absolute atomic E-state index is 0.0316. The Morgan fingerprint density at radius 2 is 2.08 bits per heavy atom. The lowest BCUT2D eigenvalue weighted by Gasteiger charge is -2.14. The first kappa shape index (κ1) is 15.6. The third-order valence-electron chi connectivity index (χ3n) is 4.35. The number of nitrogens with one attached hydrogen (secondary N) is 1. The zero-order valence-electron chi connectivity index (χ0n) is 14.2. The highest BCUT2D eigenvalue weighted by Crippen LogP contribution is 2.39. The summed E-state index contributed by atoms with van der Waals surface area (Å²) in [4.78, 5) is 12.8. The van der Waals surface area contributed by atoms with Gasteiger partial charge in [0.1, 0.15) is 5.69 Å². The number of benzene rings is 1. The SMILES string of the molecule is C[C@@H](Cn1cccn1)NC(=O)c1cc(C2CC2)nn1-c1ccccc1. The summed E-state index contributed by atoms with van der Waals surface area (Å²) in [5, 5.41) is 11.9. The van der Waals surface area contributed by atoms with Crippen molar-refractivity contribution in [2.24, 2.45) is 0 Å². The summed E-state index contributed by atoms with van der Waals surface area (Å²) in [5.74, 6) is 0.390. The van der Waals surface area contributed by atoms with Crippen LogP contribution in [0.5, 0.6) is 0 Å². The van der Waals surface area contributed by atoms with Gasteiger partial charge >= 0.3 is 0 Å². The van der Waals surface area contributed by atoms with Crippen LogP contribution in [0.2, 0.25) is 0 Å². The Morgan fingerprint density at radius 1 is 1.28 bits per heavy atom. The van der Waals surface area contributed by atoms with Crippen LogP contribution in [0, 0.1) is 0 Å². The predicted octanol–water partition coefficient (Wildman–Crippen LogP) is 2.76. The molecule has 0 radical (unpaired) electrons. The first-order valence-corrected chi connectivity index (χ1v) is 8.64. The molecule has 0 unspecified atom stereocenters. The van der Waals surface area contributed by atoms with Crippen LogP contribution < -0.4 is 5.32 Å². The van der Waals surface area contributed by atoms with Gasteiger partial charge in [-0.2, -0.15) is 10.2 Å². The largest absolute Gasteiger partial charge is 0.346 e. The van der Waals surface area contributed by atoms with E-state index in [9.17, 15) is 4.79 Å². The topological polar surface area (TPSA) is 64.7 Å². The fourth-order valence-electron chi connectivity index (χ4n) is 2.94. The molecule has 1 aliphatic carbocycles. The molecule has 2 heterocycles. The first-order valence-electron chi connectivity index (χ1n) is 8.64.